The van der Waals surface area contributed by atoms with Crippen molar-refractivity contribution >= 4 is 33.1 Å². The first kappa shape index (κ1) is 50.9. The van der Waals surface area contributed by atoms with Crippen LogP contribution in [0.25, 0.3) is 55.6 Å². The fourth-order valence-electron chi connectivity index (χ4n) is 5.27. The van der Waals surface area contributed by atoms with Crippen LogP contribution in [0.2, 0.25) is 0 Å². The van der Waals surface area contributed by atoms with E-state index in [1.54, 1.807) is 0 Å². The van der Waals surface area contributed by atoms with Crippen LogP contribution in [0.3, 0.4) is 0 Å². The molecule has 6 aromatic rings. The van der Waals surface area contributed by atoms with Gasteiger partial charge in [0, 0.05) is 36.1 Å². The molecule has 0 amide bonds. The Hall–Kier alpha value is -4.14. The summed E-state index contributed by atoms with van der Waals surface area (Å²) in [5, 5.41) is 0. The number of hydrogen-bond donors (Lipinski definition) is 4. The van der Waals surface area contributed by atoms with Gasteiger partial charge in [0.15, 0.2) is 0 Å². The average molecular weight is 755 g/mol. The van der Waals surface area contributed by atoms with E-state index in [9.17, 15) is 0 Å². The van der Waals surface area contributed by atoms with Gasteiger partial charge in [0.25, 0.3) is 0 Å². The van der Waals surface area contributed by atoms with Crippen molar-refractivity contribution in [1.82, 2.24) is 29.9 Å². The van der Waals surface area contributed by atoms with Crippen molar-refractivity contribution in [1.29, 1.82) is 0 Å². The largest absolute Gasteiger partial charge is 0.342 e. The molecular formula is C47H78N8. The number of aromatic amines is 2. The molecule has 4 atom stereocenters. The molecule has 0 aliphatic rings. The molecule has 2 unspecified atom stereocenters. The smallest absolute Gasteiger partial charge is 0.107 e. The molecule has 6 rings (SSSR count). The molecule has 55 heavy (non-hydrogen) atoms. The van der Waals surface area contributed by atoms with Gasteiger partial charge in [-0.1, -0.05) is 115 Å². The topological polar surface area (TPSA) is 135 Å². The van der Waals surface area contributed by atoms with E-state index in [1.165, 1.54) is 6.42 Å². The summed E-state index contributed by atoms with van der Waals surface area (Å²) in [5.41, 5.74) is 21.7. The number of fused-ring (bicyclic) bond motifs is 3. The van der Waals surface area contributed by atoms with Crippen LogP contribution < -0.4 is 11.5 Å². The number of nitrogens with zero attached hydrogens (tertiary/aromatic N) is 4. The minimum atomic E-state index is 0.184. The van der Waals surface area contributed by atoms with Crippen molar-refractivity contribution < 1.29 is 0 Å². The Morgan fingerprint density at radius 1 is 0.473 bits per heavy atom. The summed E-state index contributed by atoms with van der Waals surface area (Å²) in [6, 6.07) is 21.1. The van der Waals surface area contributed by atoms with E-state index in [0.717, 1.165) is 92.9 Å². The maximum absolute atomic E-state index is 6.03. The number of aromatic nitrogens is 6. The molecule has 0 fully saturated rings. The number of hydrogen-bond acceptors (Lipinski definition) is 6. The van der Waals surface area contributed by atoms with Crippen molar-refractivity contribution in [2.75, 3.05) is 0 Å². The number of nitrogens with one attached hydrogen (secondary N) is 2. The summed E-state index contributed by atoms with van der Waals surface area (Å²) in [6.07, 6.45) is 5.04. The van der Waals surface area contributed by atoms with Gasteiger partial charge in [-0.15, -0.1) is 0 Å². The molecule has 0 spiro atoms. The second kappa shape index (κ2) is 28.3. The van der Waals surface area contributed by atoms with Crippen molar-refractivity contribution in [2.45, 2.75) is 155 Å². The van der Waals surface area contributed by atoms with Crippen molar-refractivity contribution in [2.24, 2.45) is 23.3 Å². The van der Waals surface area contributed by atoms with E-state index in [2.05, 4.69) is 87.9 Å². The molecule has 8 nitrogen and oxygen atoms in total. The third-order valence-corrected chi connectivity index (χ3v) is 8.66. The number of aryl methyl sites for hydroxylation is 2. The van der Waals surface area contributed by atoms with Crippen LogP contribution in [-0.4, -0.2) is 42.0 Å². The second-order valence-corrected chi connectivity index (χ2v) is 12.7. The molecule has 0 saturated heterocycles. The minimum Gasteiger partial charge on any atom is -0.342 e. The van der Waals surface area contributed by atoms with Crippen LogP contribution in [0.5, 0.6) is 0 Å². The van der Waals surface area contributed by atoms with Crippen LogP contribution in [0.4, 0.5) is 0 Å². The number of rotatable bonds is 10. The van der Waals surface area contributed by atoms with Crippen LogP contribution in [-0.2, 0) is 12.8 Å². The van der Waals surface area contributed by atoms with E-state index in [1.807, 2.05) is 93.5 Å². The highest BCUT2D eigenvalue weighted by Crippen LogP contribution is 2.27. The van der Waals surface area contributed by atoms with Crippen LogP contribution in [0.1, 0.15) is 142 Å². The standard InChI is InChI=1S/C34H40N8.C3H8.5C2H6/c1-19(21(3)35)5-15-33-39-29-9-7-23(17-31(29)41-33)25-11-13-28-27(37-25)14-12-26(38-28)24-8-10-30-32(18-24)42-34(40-30)16-6-20(2)22(4)36;1-3-2;5*1-2/h7-14,17-22H,5-6,15-16,35-36H2,1-4H3,(H,39,41)(H,40,42);3H2,1-2H3;5*1-2H3/t19-,20?,21?,22-;;;;;;/m1....../s1. The molecule has 2 aromatic carbocycles. The predicted molar refractivity (Wildman–Crippen MR) is 245 cm³/mol. The first-order valence-corrected chi connectivity index (χ1v) is 21.4. The second-order valence-electron chi connectivity index (χ2n) is 12.7. The van der Waals surface area contributed by atoms with Gasteiger partial charge in [0.2, 0.25) is 0 Å². The van der Waals surface area contributed by atoms with Gasteiger partial charge in [0.05, 0.1) is 44.5 Å². The fourth-order valence-corrected chi connectivity index (χ4v) is 5.27. The maximum atomic E-state index is 6.03. The average Bonchev–Trinajstić information content (AvgIpc) is 3.85. The Labute approximate surface area is 335 Å². The van der Waals surface area contributed by atoms with E-state index >= 15 is 0 Å². The monoisotopic (exact) mass is 755 g/mol. The summed E-state index contributed by atoms with van der Waals surface area (Å²) >= 11 is 0. The highest BCUT2D eigenvalue weighted by molar-refractivity contribution is 5.86. The zero-order chi connectivity index (χ0) is 42.1. The van der Waals surface area contributed by atoms with E-state index in [4.69, 9.17) is 31.4 Å². The summed E-state index contributed by atoms with van der Waals surface area (Å²) in [5.74, 6) is 2.91. The van der Waals surface area contributed by atoms with Crippen LogP contribution in [0.15, 0.2) is 60.7 Å². The third-order valence-electron chi connectivity index (χ3n) is 8.66. The highest BCUT2D eigenvalue weighted by Gasteiger charge is 2.13. The number of nitrogens with two attached hydrogens (primary N) is 2. The predicted octanol–water partition coefficient (Wildman–Crippen LogP) is 13.1. The molecule has 4 aromatic heterocycles. The molecule has 4 heterocycles. The third kappa shape index (κ3) is 15.5. The molecule has 6 N–H and O–H groups in total. The van der Waals surface area contributed by atoms with E-state index in [0.29, 0.717) is 11.8 Å². The lowest BCUT2D eigenvalue weighted by atomic mass is 9.99. The Morgan fingerprint density at radius 3 is 1.09 bits per heavy atom. The molecule has 0 aliphatic carbocycles. The number of pyridine rings is 2. The molecule has 0 radical (unpaired) electrons. The Morgan fingerprint density at radius 2 is 0.782 bits per heavy atom. The van der Waals surface area contributed by atoms with Gasteiger partial charge >= 0.3 is 0 Å². The Balaban J connectivity index is 0.00000202. The van der Waals surface area contributed by atoms with Crippen molar-refractivity contribution in [3.63, 3.8) is 0 Å². The number of imidazole rings is 2. The van der Waals surface area contributed by atoms with Crippen LogP contribution in [0, 0.1) is 11.8 Å². The number of H-pyrrole nitrogens is 2. The lowest BCUT2D eigenvalue weighted by Gasteiger charge is -2.13. The first-order valence-electron chi connectivity index (χ1n) is 21.4. The summed E-state index contributed by atoms with van der Waals surface area (Å²) in [4.78, 5) is 26.4. The van der Waals surface area contributed by atoms with E-state index < -0.39 is 0 Å². The molecular weight excluding hydrogens is 677 g/mol. The van der Waals surface area contributed by atoms with Gasteiger partial charge in [0.1, 0.15) is 11.6 Å². The zero-order valence-electron chi connectivity index (χ0n) is 37.6. The van der Waals surface area contributed by atoms with Gasteiger partial charge < -0.3 is 21.4 Å². The van der Waals surface area contributed by atoms with Crippen molar-refractivity contribution in [3.8, 4) is 22.5 Å². The lowest BCUT2D eigenvalue weighted by Crippen LogP contribution is -2.24. The highest BCUT2D eigenvalue weighted by atomic mass is 14.9. The van der Waals surface area contributed by atoms with Crippen LogP contribution >= 0.6 is 0 Å². The van der Waals surface area contributed by atoms with E-state index in [-0.39, 0.29) is 12.1 Å². The Bertz CT molecular complexity index is 1730. The quantitative estimate of drug-likeness (QED) is 0.110. The van der Waals surface area contributed by atoms with Gasteiger partial charge in [-0.3, -0.25) is 0 Å². The first-order chi connectivity index (χ1) is 26.6. The molecule has 0 aliphatic heterocycles. The maximum Gasteiger partial charge on any atom is 0.107 e. The SMILES string of the molecule is CC.CC.CC.CC.CC.CC(N)[C@H](C)CCc1nc2ccc(-c3ccc4nc(-c5ccc6nc(CCC(C)[C@@H](C)N)[nH]c6c5)ccc4n3)cc2[nH]1.CCC. The van der Waals surface area contributed by atoms with Gasteiger partial charge in [-0.05, 0) is 87.1 Å². The normalized spacial score (nSPS) is 12.3. The van der Waals surface area contributed by atoms with Gasteiger partial charge in [-0.25, -0.2) is 19.9 Å². The minimum absolute atomic E-state index is 0.184. The summed E-state index contributed by atoms with van der Waals surface area (Å²) in [7, 11) is 0. The molecule has 0 saturated carbocycles. The summed E-state index contributed by atoms with van der Waals surface area (Å²) in [6.45, 7) is 32.7. The zero-order valence-corrected chi connectivity index (χ0v) is 37.6. The Kier molecular flexibility index (Phi) is 26.2. The van der Waals surface area contributed by atoms with Crippen molar-refractivity contribution in [3.05, 3.63) is 72.3 Å². The number of benzene rings is 2. The van der Waals surface area contributed by atoms with Gasteiger partial charge in [-0.2, -0.15) is 0 Å². The molecule has 8 heteroatoms. The fraction of sp³-hybridized carbons (Fsp3) is 0.532. The summed E-state index contributed by atoms with van der Waals surface area (Å²) < 4.78 is 0. The molecule has 0 bridgehead atoms. The molecule has 306 valence electrons. The lowest BCUT2D eigenvalue weighted by molar-refractivity contribution is 0.447.